The Labute approximate surface area is 281 Å². The zero-order valence-corrected chi connectivity index (χ0v) is 27.4. The second-order valence-corrected chi connectivity index (χ2v) is 14.1. The molecule has 3 saturated heterocycles. The van der Waals surface area contributed by atoms with Crippen LogP contribution in [0, 0.1) is 5.41 Å². The summed E-state index contributed by atoms with van der Waals surface area (Å²) in [7, 11) is 0. The second-order valence-electron chi connectivity index (χ2n) is 13.0. The maximum atomic E-state index is 12.7. The van der Waals surface area contributed by atoms with E-state index in [1.165, 1.54) is 11.0 Å². The first-order valence-corrected chi connectivity index (χ1v) is 17.4. The summed E-state index contributed by atoms with van der Waals surface area (Å²) in [5.41, 5.74) is 3.09. The number of aromatic nitrogens is 5. The Hall–Kier alpha value is -4.52. The summed E-state index contributed by atoms with van der Waals surface area (Å²) in [5, 5.41) is 11.4. The summed E-state index contributed by atoms with van der Waals surface area (Å²) in [5.74, 6) is 1.44. The molecule has 4 aromatic heterocycles. The molecule has 0 spiro atoms. The zero-order chi connectivity index (χ0) is 32.6. The molecule has 12 heteroatoms. The molecule has 2 N–H and O–H groups in total. The highest BCUT2D eigenvalue weighted by molar-refractivity contribution is 7.19. The first-order valence-electron chi connectivity index (χ1n) is 16.6. The number of thiophene rings is 1. The van der Waals surface area contributed by atoms with Crippen LogP contribution in [0.25, 0.3) is 38.6 Å². The van der Waals surface area contributed by atoms with E-state index in [9.17, 15) is 9.59 Å². The van der Waals surface area contributed by atoms with E-state index in [-0.39, 0.29) is 35.5 Å². The smallest absolute Gasteiger partial charge is 0.220 e. The van der Waals surface area contributed by atoms with Gasteiger partial charge in [0, 0.05) is 59.9 Å². The summed E-state index contributed by atoms with van der Waals surface area (Å²) in [6.45, 7) is 4.04. The first-order chi connectivity index (χ1) is 23.5. The number of ether oxygens (including phenoxy) is 2. The number of allylic oxidation sites excluding steroid dienone is 1. The first kappa shape index (κ1) is 30.8. The molecule has 48 heavy (non-hydrogen) atoms. The number of nitrogens with zero attached hydrogens (tertiary/aromatic N) is 5. The van der Waals surface area contributed by atoms with Crippen molar-refractivity contribution in [1.29, 1.82) is 0 Å². The number of ketones is 1. The standard InChI is InChI=1S/C36H37N7O4S/c44-25(8-7-24-4-1-2-15-37-24)9-10-31(45)38-22-35-11-13-36(14-12-35,47-23-35)30-20-29-32(48-30)34(43-16-18-46-19-17-43)41-33(40-29)26-5-3-6-28-27(26)21-39-42-28/h1-8,15,20-21H,9-14,16-19,22-23H2,(H,38,45)(H,39,42). The normalized spacial score (nSPS) is 22.5. The third kappa shape index (κ3) is 5.99. The fourth-order valence-corrected chi connectivity index (χ4v) is 8.38. The minimum Gasteiger partial charge on any atom is -0.378 e. The maximum Gasteiger partial charge on any atom is 0.220 e. The average Bonchev–Trinajstić information content (AvgIpc) is 3.82. The van der Waals surface area contributed by atoms with Crippen molar-refractivity contribution in [2.75, 3.05) is 44.4 Å². The van der Waals surface area contributed by atoms with Gasteiger partial charge in [0.15, 0.2) is 17.4 Å². The number of morpholine rings is 1. The van der Waals surface area contributed by atoms with Gasteiger partial charge >= 0.3 is 0 Å². The number of anilines is 1. The number of rotatable bonds is 10. The highest BCUT2D eigenvalue weighted by atomic mass is 32.1. The Morgan fingerprint density at radius 2 is 1.92 bits per heavy atom. The van der Waals surface area contributed by atoms with Crippen molar-refractivity contribution >= 4 is 56.0 Å². The molecule has 7 heterocycles. The van der Waals surface area contributed by atoms with E-state index in [4.69, 9.17) is 19.4 Å². The SMILES string of the molecule is O=C(C=Cc1ccccn1)CCC(=O)NCC12CCC(c3cc4nc(-c5cccc6[nH]ncc56)nc(N5CCOCC5)c4s3)(CC1)OC2. The molecule has 1 amide bonds. The molecule has 1 saturated carbocycles. The fourth-order valence-electron chi connectivity index (χ4n) is 7.07. The molecular weight excluding hydrogens is 627 g/mol. The lowest BCUT2D eigenvalue weighted by Gasteiger charge is -2.52. The average molecular weight is 664 g/mol. The van der Waals surface area contributed by atoms with E-state index >= 15 is 0 Å². The van der Waals surface area contributed by atoms with E-state index in [0.717, 1.165) is 71.3 Å². The number of hydrogen-bond acceptors (Lipinski definition) is 10. The highest BCUT2D eigenvalue weighted by Gasteiger charge is 2.51. The lowest BCUT2D eigenvalue weighted by Crippen LogP contribution is -2.53. The third-order valence-electron chi connectivity index (χ3n) is 10.00. The van der Waals surface area contributed by atoms with Crippen LogP contribution in [0.4, 0.5) is 5.82 Å². The van der Waals surface area contributed by atoms with Gasteiger partial charge in [0.05, 0.1) is 47.4 Å². The van der Waals surface area contributed by atoms with Crippen LogP contribution in [-0.4, -0.2) is 76.3 Å². The second kappa shape index (κ2) is 12.8. The van der Waals surface area contributed by atoms with Gasteiger partial charge in [0.2, 0.25) is 5.91 Å². The van der Waals surface area contributed by atoms with Crippen molar-refractivity contribution < 1.29 is 19.1 Å². The molecule has 3 aliphatic heterocycles. The predicted octanol–water partition coefficient (Wildman–Crippen LogP) is 5.43. The molecule has 2 bridgehead atoms. The van der Waals surface area contributed by atoms with Crippen LogP contribution in [0.3, 0.4) is 0 Å². The quantitative estimate of drug-likeness (QED) is 0.188. The number of nitrogens with one attached hydrogen (secondary N) is 2. The molecule has 11 nitrogen and oxygen atoms in total. The molecule has 5 aromatic rings. The van der Waals surface area contributed by atoms with Gasteiger partial charge in [-0.05, 0) is 62.1 Å². The van der Waals surface area contributed by atoms with Crippen LogP contribution < -0.4 is 10.2 Å². The molecule has 0 radical (unpaired) electrons. The van der Waals surface area contributed by atoms with Crippen LogP contribution in [-0.2, 0) is 24.7 Å². The van der Waals surface area contributed by atoms with E-state index in [1.54, 1.807) is 23.6 Å². The Balaban J connectivity index is 0.961. The molecule has 1 aliphatic carbocycles. The summed E-state index contributed by atoms with van der Waals surface area (Å²) in [4.78, 5) is 43.0. The number of pyridine rings is 1. The van der Waals surface area contributed by atoms with Gasteiger partial charge < -0.3 is 19.7 Å². The highest BCUT2D eigenvalue weighted by Crippen LogP contribution is 2.55. The van der Waals surface area contributed by atoms with Gasteiger partial charge in [0.25, 0.3) is 0 Å². The largest absolute Gasteiger partial charge is 0.378 e. The van der Waals surface area contributed by atoms with Crippen LogP contribution in [0.5, 0.6) is 0 Å². The van der Waals surface area contributed by atoms with Crippen molar-refractivity contribution in [3.63, 3.8) is 0 Å². The monoisotopic (exact) mass is 663 g/mol. The predicted molar refractivity (Wildman–Crippen MR) is 185 cm³/mol. The van der Waals surface area contributed by atoms with Crippen molar-refractivity contribution in [2.45, 2.75) is 44.1 Å². The van der Waals surface area contributed by atoms with Crippen LogP contribution in [0.2, 0.25) is 0 Å². The molecule has 1 aromatic carbocycles. The Morgan fingerprint density at radius 1 is 1.04 bits per heavy atom. The number of hydrogen-bond donors (Lipinski definition) is 2. The number of fused-ring (bicyclic) bond motifs is 5. The molecule has 0 atom stereocenters. The summed E-state index contributed by atoms with van der Waals surface area (Å²) < 4.78 is 13.5. The molecule has 0 unspecified atom stereocenters. The number of carbonyl (C=O) groups is 2. The van der Waals surface area contributed by atoms with Gasteiger partial charge in [-0.2, -0.15) is 5.10 Å². The fraction of sp³-hybridized carbons (Fsp3) is 0.389. The minimum absolute atomic E-state index is 0.0899. The maximum absolute atomic E-state index is 12.7. The van der Waals surface area contributed by atoms with Gasteiger partial charge in [-0.3, -0.25) is 19.7 Å². The minimum atomic E-state index is -0.365. The van der Waals surface area contributed by atoms with E-state index in [0.29, 0.717) is 37.9 Å². The molecule has 4 aliphatic rings. The lowest BCUT2D eigenvalue weighted by molar-refractivity contribution is -0.186. The molecular formula is C36H37N7O4S. The zero-order valence-electron chi connectivity index (χ0n) is 26.6. The van der Waals surface area contributed by atoms with Crippen molar-refractivity contribution in [1.82, 2.24) is 30.5 Å². The topological polar surface area (TPSA) is 135 Å². The van der Waals surface area contributed by atoms with Gasteiger partial charge in [0.1, 0.15) is 5.60 Å². The number of H-pyrrole nitrogens is 1. The third-order valence-corrected chi connectivity index (χ3v) is 11.3. The molecule has 246 valence electrons. The summed E-state index contributed by atoms with van der Waals surface area (Å²) in [6.07, 6.45) is 10.7. The molecule has 4 fully saturated rings. The van der Waals surface area contributed by atoms with E-state index in [2.05, 4.69) is 37.5 Å². The van der Waals surface area contributed by atoms with Crippen LogP contribution in [0.15, 0.2) is 60.9 Å². The lowest BCUT2D eigenvalue weighted by atomic mass is 9.65. The Morgan fingerprint density at radius 3 is 2.71 bits per heavy atom. The number of benzene rings is 1. The van der Waals surface area contributed by atoms with Gasteiger partial charge in [-0.1, -0.05) is 18.2 Å². The van der Waals surface area contributed by atoms with E-state index < -0.39 is 0 Å². The van der Waals surface area contributed by atoms with Gasteiger partial charge in [-0.15, -0.1) is 11.3 Å². The summed E-state index contributed by atoms with van der Waals surface area (Å²) >= 11 is 1.75. The Kier molecular flexibility index (Phi) is 8.23. The number of aromatic amines is 1. The summed E-state index contributed by atoms with van der Waals surface area (Å²) in [6, 6.07) is 13.8. The van der Waals surface area contributed by atoms with E-state index in [1.807, 2.05) is 36.5 Å². The Bertz CT molecular complexity index is 1970. The van der Waals surface area contributed by atoms with Crippen molar-refractivity contribution in [3.05, 3.63) is 71.5 Å². The molecule has 9 rings (SSSR count). The van der Waals surface area contributed by atoms with Crippen LogP contribution >= 0.6 is 11.3 Å². The van der Waals surface area contributed by atoms with Crippen molar-refractivity contribution in [3.8, 4) is 11.4 Å². The number of amides is 1. The number of carbonyl (C=O) groups excluding carboxylic acids is 2. The van der Waals surface area contributed by atoms with Gasteiger partial charge in [-0.25, -0.2) is 9.97 Å². The van der Waals surface area contributed by atoms with Crippen LogP contribution in [0.1, 0.15) is 49.1 Å². The van der Waals surface area contributed by atoms with Crippen molar-refractivity contribution in [2.24, 2.45) is 5.41 Å².